The Labute approximate surface area is 147 Å². The van der Waals surface area contributed by atoms with E-state index in [1.165, 1.54) is 0 Å². The van der Waals surface area contributed by atoms with Gasteiger partial charge in [-0.1, -0.05) is 57.2 Å². The maximum Gasteiger partial charge on any atom is 0.192 e. The van der Waals surface area contributed by atoms with Crippen molar-refractivity contribution in [2.75, 3.05) is 6.61 Å². The molecule has 0 radical (unpaired) electrons. The van der Waals surface area contributed by atoms with Crippen LogP contribution in [0.5, 0.6) is 0 Å². The predicted octanol–water partition coefficient (Wildman–Crippen LogP) is 4.70. The van der Waals surface area contributed by atoms with E-state index in [1.54, 1.807) is 6.08 Å². The minimum Gasteiger partial charge on any atom is -0.416 e. The lowest BCUT2D eigenvalue weighted by molar-refractivity contribution is 0.0317. The van der Waals surface area contributed by atoms with Gasteiger partial charge in [0.1, 0.15) is 11.7 Å². The highest BCUT2D eigenvalue weighted by atomic mass is 28.4. The van der Waals surface area contributed by atoms with Crippen LogP contribution >= 0.6 is 0 Å². The number of aliphatic hydroxyl groups is 1. The van der Waals surface area contributed by atoms with Gasteiger partial charge in [0.25, 0.3) is 0 Å². The van der Waals surface area contributed by atoms with E-state index in [0.717, 1.165) is 5.56 Å². The Morgan fingerprint density at radius 2 is 1.92 bits per heavy atom. The van der Waals surface area contributed by atoms with Crippen LogP contribution in [0.15, 0.2) is 43.0 Å². The Kier molecular flexibility index (Phi) is 5.45. The summed E-state index contributed by atoms with van der Waals surface area (Å²) in [5, 5.41) is 11.0. The second-order valence-corrected chi connectivity index (χ2v) is 13.3. The molecule has 134 valence electrons. The predicted molar refractivity (Wildman–Crippen MR) is 102 cm³/mol. The molecule has 0 spiro atoms. The zero-order valence-electron chi connectivity index (χ0n) is 15.9. The number of benzene rings is 1. The van der Waals surface area contributed by atoms with Gasteiger partial charge in [0, 0.05) is 12.5 Å². The Hall–Kier alpha value is -0.943. The fourth-order valence-electron chi connectivity index (χ4n) is 2.71. The quantitative estimate of drug-likeness (QED) is 0.441. The summed E-state index contributed by atoms with van der Waals surface area (Å²) in [6.07, 6.45) is 1.10. The molecule has 2 rings (SSSR count). The smallest absolute Gasteiger partial charge is 0.192 e. The van der Waals surface area contributed by atoms with Crippen molar-refractivity contribution in [1.82, 2.24) is 0 Å². The Bertz CT molecular complexity index is 564. The normalized spacial score (nSPS) is 26.7. The van der Waals surface area contributed by atoms with Gasteiger partial charge in [0.05, 0.1) is 6.10 Å². The molecule has 1 saturated heterocycles. The molecule has 0 aliphatic carbocycles. The maximum atomic E-state index is 10.9. The Morgan fingerprint density at radius 3 is 2.42 bits per heavy atom. The van der Waals surface area contributed by atoms with Crippen LogP contribution in [0.3, 0.4) is 0 Å². The lowest BCUT2D eigenvalue weighted by Crippen LogP contribution is -2.44. The van der Waals surface area contributed by atoms with Gasteiger partial charge in [-0.05, 0) is 30.6 Å². The molecule has 24 heavy (non-hydrogen) atoms. The molecule has 1 heterocycles. The van der Waals surface area contributed by atoms with Crippen molar-refractivity contribution < 1.29 is 14.3 Å². The monoisotopic (exact) mass is 348 g/mol. The number of aliphatic hydroxyl groups excluding tert-OH is 1. The van der Waals surface area contributed by atoms with E-state index >= 15 is 0 Å². The Balaban J connectivity index is 2.02. The summed E-state index contributed by atoms with van der Waals surface area (Å²) in [4.78, 5) is 0. The lowest BCUT2D eigenvalue weighted by atomic mass is 9.88. The largest absolute Gasteiger partial charge is 0.416 e. The van der Waals surface area contributed by atoms with Gasteiger partial charge in [0.15, 0.2) is 8.32 Å². The van der Waals surface area contributed by atoms with Crippen LogP contribution in [0.25, 0.3) is 0 Å². The summed E-state index contributed by atoms with van der Waals surface area (Å²) < 4.78 is 12.2. The van der Waals surface area contributed by atoms with Gasteiger partial charge < -0.3 is 14.3 Å². The van der Waals surface area contributed by atoms with Crippen LogP contribution in [0.2, 0.25) is 18.1 Å². The highest BCUT2D eigenvalue weighted by Gasteiger charge is 2.59. The molecule has 0 amide bonds. The van der Waals surface area contributed by atoms with E-state index in [0.29, 0.717) is 6.61 Å². The van der Waals surface area contributed by atoms with Crippen molar-refractivity contribution in [3.8, 4) is 0 Å². The van der Waals surface area contributed by atoms with Crippen molar-refractivity contribution in [3.05, 3.63) is 48.6 Å². The molecule has 1 aliphatic rings. The first-order valence-corrected chi connectivity index (χ1v) is 11.6. The molecule has 1 aromatic rings. The van der Waals surface area contributed by atoms with Crippen LogP contribution < -0.4 is 0 Å². The van der Waals surface area contributed by atoms with Crippen LogP contribution in [-0.2, 0) is 9.16 Å². The molecule has 0 unspecified atom stereocenters. The summed E-state index contributed by atoms with van der Waals surface area (Å²) in [7, 11) is -1.85. The van der Waals surface area contributed by atoms with E-state index < -0.39 is 20.0 Å². The van der Waals surface area contributed by atoms with Gasteiger partial charge in [-0.3, -0.25) is 0 Å². The first-order chi connectivity index (χ1) is 11.0. The number of hydrogen-bond acceptors (Lipinski definition) is 3. The van der Waals surface area contributed by atoms with Crippen molar-refractivity contribution in [1.29, 1.82) is 0 Å². The Morgan fingerprint density at radius 1 is 1.33 bits per heavy atom. The summed E-state index contributed by atoms with van der Waals surface area (Å²) in [6, 6.07) is 10.1. The highest BCUT2D eigenvalue weighted by Crippen LogP contribution is 2.53. The van der Waals surface area contributed by atoms with Crippen LogP contribution in [0.1, 0.15) is 39.4 Å². The molecule has 3 nitrogen and oxygen atoms in total. The first-order valence-electron chi connectivity index (χ1n) is 8.70. The minimum atomic E-state index is -1.85. The molecule has 1 fully saturated rings. The number of ether oxygens (including phenoxy) is 1. The van der Waals surface area contributed by atoms with Crippen molar-refractivity contribution >= 4 is 8.32 Å². The van der Waals surface area contributed by atoms with Crippen LogP contribution in [-0.4, -0.2) is 31.7 Å². The molecule has 4 heteroatoms. The average Bonchev–Trinajstić information content (AvgIpc) is 3.21. The third-order valence-electron chi connectivity index (χ3n) is 5.68. The molecule has 0 bridgehead atoms. The minimum absolute atomic E-state index is 0.0657. The molecule has 1 aromatic carbocycles. The number of rotatable bonds is 7. The summed E-state index contributed by atoms with van der Waals surface area (Å²) in [5.41, 5.74) is 0.531. The SMILES string of the molecule is C=C[C@H](CO[Si](C)(C)C(C)(C)C)[C@H](O)[C@@]1(C)O[C@@H]1c1ccccc1. The van der Waals surface area contributed by atoms with E-state index in [1.807, 2.05) is 37.3 Å². The molecule has 4 atom stereocenters. The van der Waals surface area contributed by atoms with Crippen LogP contribution in [0.4, 0.5) is 0 Å². The van der Waals surface area contributed by atoms with E-state index in [-0.39, 0.29) is 17.1 Å². The fraction of sp³-hybridized carbons (Fsp3) is 0.600. The maximum absolute atomic E-state index is 10.9. The molecule has 0 aromatic heterocycles. The number of hydrogen-bond donors (Lipinski definition) is 1. The summed E-state index contributed by atoms with van der Waals surface area (Å²) in [6.45, 7) is 17.5. The van der Waals surface area contributed by atoms with Gasteiger partial charge in [-0.25, -0.2) is 0 Å². The lowest BCUT2D eigenvalue weighted by Gasteiger charge is -2.37. The standard InChI is InChI=1S/C20H32O3Si/c1-8-15(14-22-24(6,7)19(2,3)4)17(21)20(5)18(23-20)16-12-10-9-11-13-16/h8-13,15,17-18,21H,1,14H2,2-7H3/t15-,17+,18-,20-/m1/s1. The zero-order chi connectivity index (χ0) is 18.2. The molecule has 0 saturated carbocycles. The zero-order valence-corrected chi connectivity index (χ0v) is 16.9. The second kappa shape index (κ2) is 6.75. The molecule has 1 aliphatic heterocycles. The van der Waals surface area contributed by atoms with Crippen molar-refractivity contribution in [2.24, 2.45) is 5.92 Å². The summed E-state index contributed by atoms with van der Waals surface area (Å²) >= 11 is 0. The van der Waals surface area contributed by atoms with Crippen molar-refractivity contribution in [2.45, 2.75) is 63.6 Å². The van der Waals surface area contributed by atoms with E-state index in [2.05, 4.69) is 40.4 Å². The van der Waals surface area contributed by atoms with Gasteiger partial charge in [0.2, 0.25) is 0 Å². The molecular formula is C20H32O3Si. The highest BCUT2D eigenvalue weighted by molar-refractivity contribution is 6.74. The summed E-state index contributed by atoms with van der Waals surface area (Å²) in [5.74, 6) is -0.141. The topological polar surface area (TPSA) is 42.0 Å². The van der Waals surface area contributed by atoms with Crippen molar-refractivity contribution in [3.63, 3.8) is 0 Å². The van der Waals surface area contributed by atoms with Crippen LogP contribution in [0, 0.1) is 5.92 Å². The molecular weight excluding hydrogens is 316 g/mol. The third kappa shape index (κ3) is 3.83. The fourth-order valence-corrected chi connectivity index (χ4v) is 3.75. The first kappa shape index (κ1) is 19.4. The third-order valence-corrected chi connectivity index (χ3v) is 10.2. The van der Waals surface area contributed by atoms with E-state index in [4.69, 9.17) is 9.16 Å². The van der Waals surface area contributed by atoms with Gasteiger partial charge in [-0.2, -0.15) is 0 Å². The van der Waals surface area contributed by atoms with Gasteiger partial charge >= 0.3 is 0 Å². The number of epoxide rings is 1. The van der Waals surface area contributed by atoms with Gasteiger partial charge in [-0.15, -0.1) is 6.58 Å². The second-order valence-electron chi connectivity index (χ2n) is 8.51. The average molecular weight is 349 g/mol. The molecule has 1 N–H and O–H groups in total. The van der Waals surface area contributed by atoms with E-state index in [9.17, 15) is 5.11 Å².